The van der Waals surface area contributed by atoms with Crippen LogP contribution < -0.4 is 5.56 Å². The van der Waals surface area contributed by atoms with Crippen LogP contribution in [-0.2, 0) is 11.8 Å². The van der Waals surface area contributed by atoms with E-state index in [0.29, 0.717) is 10.4 Å². The van der Waals surface area contributed by atoms with Crippen LogP contribution in [-0.4, -0.2) is 27.8 Å². The van der Waals surface area contributed by atoms with Crippen molar-refractivity contribution in [2.75, 3.05) is 7.11 Å². The fraction of sp³-hybridized carbons (Fsp3) is 0.300. The topological polar surface area (TPSA) is 77.0 Å². The molecule has 0 unspecified atom stereocenters. The number of carbonyl (C=O) groups excluding carboxylic acids is 1. The van der Waals surface area contributed by atoms with Crippen LogP contribution >= 0.6 is 11.3 Å². The normalized spacial score (nSPS) is 10.5. The number of nitrogens with zero attached hydrogens (tertiary/aromatic N) is 2. The van der Waals surface area contributed by atoms with Gasteiger partial charge in [-0.15, -0.1) is 11.3 Å². The van der Waals surface area contributed by atoms with E-state index in [0.717, 1.165) is 5.01 Å². The lowest BCUT2D eigenvalue weighted by Gasteiger charge is -1.96. The molecule has 2 rings (SSSR count). The summed E-state index contributed by atoms with van der Waals surface area (Å²) in [5.41, 5.74) is 0.197. The number of aromatic amines is 1. The molecule has 2 aromatic rings. The van der Waals surface area contributed by atoms with Gasteiger partial charge in [0.15, 0.2) is 5.69 Å². The SMILES string of the molecule is COC(=O)c1[nH]n(C)c(=O)c1-c1cnc(C)s1. The van der Waals surface area contributed by atoms with Gasteiger partial charge >= 0.3 is 5.97 Å². The number of thiazole rings is 1. The molecule has 0 aliphatic rings. The lowest BCUT2D eigenvalue weighted by atomic mass is 10.2. The molecular formula is C10H11N3O3S. The highest BCUT2D eigenvalue weighted by Crippen LogP contribution is 2.25. The molecule has 2 aromatic heterocycles. The summed E-state index contributed by atoms with van der Waals surface area (Å²) in [5.74, 6) is -0.566. The minimum Gasteiger partial charge on any atom is -0.464 e. The maximum Gasteiger partial charge on any atom is 0.356 e. The molecule has 6 nitrogen and oxygen atoms in total. The fourth-order valence-corrected chi connectivity index (χ4v) is 2.32. The number of esters is 1. The predicted molar refractivity (Wildman–Crippen MR) is 63.2 cm³/mol. The smallest absolute Gasteiger partial charge is 0.356 e. The second-order valence-electron chi connectivity index (χ2n) is 3.46. The molecule has 0 spiro atoms. The second-order valence-corrected chi connectivity index (χ2v) is 4.70. The first-order chi connectivity index (χ1) is 8.04. The van der Waals surface area contributed by atoms with Crippen LogP contribution in [0.15, 0.2) is 11.0 Å². The maximum atomic E-state index is 11.9. The van der Waals surface area contributed by atoms with E-state index in [2.05, 4.69) is 14.8 Å². The first-order valence-electron chi connectivity index (χ1n) is 4.84. The molecule has 0 radical (unpaired) electrons. The Morgan fingerprint density at radius 2 is 2.29 bits per heavy atom. The van der Waals surface area contributed by atoms with Crippen LogP contribution in [0.4, 0.5) is 0 Å². The molecule has 0 aliphatic carbocycles. The number of hydrogen-bond donors (Lipinski definition) is 1. The van der Waals surface area contributed by atoms with E-state index < -0.39 is 5.97 Å². The van der Waals surface area contributed by atoms with Crippen molar-refractivity contribution < 1.29 is 9.53 Å². The molecule has 0 bridgehead atoms. The highest BCUT2D eigenvalue weighted by Gasteiger charge is 2.22. The van der Waals surface area contributed by atoms with E-state index in [-0.39, 0.29) is 11.3 Å². The van der Waals surface area contributed by atoms with Crippen molar-refractivity contribution in [2.45, 2.75) is 6.92 Å². The standard InChI is InChI=1S/C10H11N3O3S/c1-5-11-4-6(17-5)7-8(10(15)16-3)12-13(2)9(7)14/h4,12H,1-3H3. The predicted octanol–water partition coefficient (Wildman–Crippen LogP) is 0.932. The third-order valence-electron chi connectivity index (χ3n) is 2.31. The van der Waals surface area contributed by atoms with Crippen LogP contribution in [0.25, 0.3) is 10.4 Å². The minimum absolute atomic E-state index is 0.156. The molecule has 0 atom stereocenters. The number of rotatable bonds is 2. The lowest BCUT2D eigenvalue weighted by Crippen LogP contribution is -2.12. The molecule has 17 heavy (non-hydrogen) atoms. The summed E-state index contributed by atoms with van der Waals surface area (Å²) in [6.45, 7) is 1.84. The Morgan fingerprint density at radius 3 is 2.82 bits per heavy atom. The van der Waals surface area contributed by atoms with Gasteiger partial charge in [-0.2, -0.15) is 0 Å². The summed E-state index contributed by atoms with van der Waals surface area (Å²) in [7, 11) is 2.82. The second kappa shape index (κ2) is 4.17. The van der Waals surface area contributed by atoms with Crippen molar-refractivity contribution >= 4 is 17.3 Å². The summed E-state index contributed by atoms with van der Waals surface area (Å²) in [5, 5.41) is 3.51. The van der Waals surface area contributed by atoms with E-state index in [9.17, 15) is 9.59 Å². The number of nitrogens with one attached hydrogen (secondary N) is 1. The van der Waals surface area contributed by atoms with Crippen LogP contribution in [0.1, 0.15) is 15.5 Å². The van der Waals surface area contributed by atoms with Gasteiger partial charge in [0.1, 0.15) is 0 Å². The molecule has 90 valence electrons. The molecule has 0 saturated heterocycles. The Hall–Kier alpha value is -1.89. The Bertz CT molecular complexity index is 623. The van der Waals surface area contributed by atoms with Crippen LogP contribution in [0, 0.1) is 6.92 Å². The van der Waals surface area contributed by atoms with Crippen molar-refractivity contribution in [3.8, 4) is 10.4 Å². The first kappa shape index (κ1) is 11.6. The van der Waals surface area contributed by atoms with Gasteiger partial charge in [-0.25, -0.2) is 9.78 Å². The zero-order chi connectivity index (χ0) is 12.6. The fourth-order valence-electron chi connectivity index (χ4n) is 1.50. The van der Waals surface area contributed by atoms with Gasteiger partial charge in [-0.1, -0.05) is 0 Å². The zero-order valence-electron chi connectivity index (χ0n) is 9.60. The average molecular weight is 253 g/mol. The zero-order valence-corrected chi connectivity index (χ0v) is 10.4. The molecular weight excluding hydrogens is 242 g/mol. The molecule has 0 saturated carbocycles. The van der Waals surface area contributed by atoms with Crippen LogP contribution in [0.2, 0.25) is 0 Å². The van der Waals surface area contributed by atoms with E-state index in [1.54, 1.807) is 13.2 Å². The molecule has 0 aromatic carbocycles. The van der Waals surface area contributed by atoms with Crippen molar-refractivity contribution in [1.29, 1.82) is 0 Å². The quantitative estimate of drug-likeness (QED) is 0.808. The maximum absolute atomic E-state index is 11.9. The summed E-state index contributed by atoms with van der Waals surface area (Å²) in [6.07, 6.45) is 1.58. The average Bonchev–Trinajstić information content (AvgIpc) is 2.84. The van der Waals surface area contributed by atoms with Crippen molar-refractivity contribution in [2.24, 2.45) is 7.05 Å². The number of methoxy groups -OCH3 is 1. The van der Waals surface area contributed by atoms with E-state index in [4.69, 9.17) is 0 Å². The van der Waals surface area contributed by atoms with Gasteiger partial charge in [0, 0.05) is 13.2 Å². The van der Waals surface area contributed by atoms with E-state index >= 15 is 0 Å². The molecule has 0 amide bonds. The van der Waals surface area contributed by atoms with Gasteiger partial charge < -0.3 is 4.74 Å². The molecule has 0 fully saturated rings. The lowest BCUT2D eigenvalue weighted by molar-refractivity contribution is 0.0594. The Kier molecular flexibility index (Phi) is 2.84. The number of aromatic nitrogens is 3. The molecule has 2 heterocycles. The Balaban J connectivity index is 2.67. The number of hydrogen-bond acceptors (Lipinski definition) is 5. The van der Waals surface area contributed by atoms with Gasteiger partial charge in [0.25, 0.3) is 5.56 Å². The number of aryl methyl sites for hydroxylation is 2. The van der Waals surface area contributed by atoms with Gasteiger partial charge in [0.2, 0.25) is 0 Å². The van der Waals surface area contributed by atoms with E-state index in [1.807, 2.05) is 6.92 Å². The van der Waals surface area contributed by atoms with Crippen molar-refractivity contribution in [3.05, 3.63) is 27.3 Å². The van der Waals surface area contributed by atoms with Crippen molar-refractivity contribution in [1.82, 2.24) is 14.8 Å². The summed E-state index contributed by atoms with van der Waals surface area (Å²) >= 11 is 1.36. The van der Waals surface area contributed by atoms with Gasteiger partial charge in [-0.3, -0.25) is 14.6 Å². The number of carbonyl (C=O) groups is 1. The molecule has 1 N–H and O–H groups in total. The summed E-state index contributed by atoms with van der Waals surface area (Å²) in [6, 6.07) is 0. The van der Waals surface area contributed by atoms with Crippen LogP contribution in [0.3, 0.4) is 0 Å². The monoisotopic (exact) mass is 253 g/mol. The molecule has 0 aliphatic heterocycles. The van der Waals surface area contributed by atoms with Gasteiger partial charge in [-0.05, 0) is 6.92 Å². The summed E-state index contributed by atoms with van der Waals surface area (Å²) < 4.78 is 5.88. The number of ether oxygens (including phenoxy) is 1. The Labute approximate surface area is 101 Å². The largest absolute Gasteiger partial charge is 0.464 e. The van der Waals surface area contributed by atoms with Crippen molar-refractivity contribution in [3.63, 3.8) is 0 Å². The Morgan fingerprint density at radius 1 is 1.59 bits per heavy atom. The summed E-state index contributed by atoms with van der Waals surface area (Å²) in [4.78, 5) is 28.2. The number of H-pyrrole nitrogens is 1. The highest BCUT2D eigenvalue weighted by molar-refractivity contribution is 7.15. The van der Waals surface area contributed by atoms with E-state index in [1.165, 1.54) is 23.1 Å². The highest BCUT2D eigenvalue weighted by atomic mass is 32.1. The molecule has 7 heteroatoms. The third kappa shape index (κ3) is 1.89. The first-order valence-corrected chi connectivity index (χ1v) is 5.66. The van der Waals surface area contributed by atoms with Crippen LogP contribution in [0.5, 0.6) is 0 Å². The minimum atomic E-state index is -0.566. The third-order valence-corrected chi connectivity index (χ3v) is 3.24. The van der Waals surface area contributed by atoms with Gasteiger partial charge in [0.05, 0.1) is 22.6 Å².